The number of methoxy groups -OCH3 is 1. The Labute approximate surface area is 144 Å². The monoisotopic (exact) mass is 345 g/mol. The van der Waals surface area contributed by atoms with Crippen molar-refractivity contribution in [2.45, 2.75) is 19.9 Å². The van der Waals surface area contributed by atoms with E-state index in [2.05, 4.69) is 5.10 Å². The molecule has 0 saturated carbocycles. The Kier molecular flexibility index (Phi) is 4.92. The Balaban J connectivity index is 2.10. The number of thiophene rings is 1. The number of nitrogens with zero attached hydrogens (tertiary/aromatic N) is 3. The average Bonchev–Trinajstić information content (AvgIpc) is 3.23. The minimum absolute atomic E-state index is 0.144. The van der Waals surface area contributed by atoms with Gasteiger partial charge in [0.2, 0.25) is 0 Å². The molecule has 3 aromatic rings. The van der Waals surface area contributed by atoms with E-state index in [1.807, 2.05) is 36.0 Å². The number of carbonyl (C=O) groups excluding carboxylic acids is 1. The van der Waals surface area contributed by atoms with E-state index in [4.69, 9.17) is 14.5 Å². The van der Waals surface area contributed by atoms with Crippen LogP contribution in [-0.4, -0.2) is 41.1 Å². The molecular weight excluding hydrogens is 326 g/mol. The topological polar surface area (TPSA) is 66.2 Å². The number of hydrogen-bond acceptors (Lipinski definition) is 6. The fourth-order valence-electron chi connectivity index (χ4n) is 2.41. The summed E-state index contributed by atoms with van der Waals surface area (Å²) in [6, 6.07) is 5.86. The van der Waals surface area contributed by atoms with Gasteiger partial charge in [0.15, 0.2) is 5.65 Å². The lowest BCUT2D eigenvalue weighted by atomic mass is 10.1. The second-order valence-corrected chi connectivity index (χ2v) is 6.53. The third kappa shape index (κ3) is 3.18. The van der Waals surface area contributed by atoms with Gasteiger partial charge in [0.25, 0.3) is 0 Å². The first-order chi connectivity index (χ1) is 11.6. The molecule has 0 aromatic carbocycles. The largest absolute Gasteiger partial charge is 0.460 e. The number of carbonyl (C=O) groups is 1. The highest BCUT2D eigenvalue weighted by atomic mass is 32.1. The molecule has 0 aliphatic rings. The first-order valence-corrected chi connectivity index (χ1v) is 8.58. The molecule has 0 N–H and O–H groups in total. The van der Waals surface area contributed by atoms with Crippen molar-refractivity contribution < 1.29 is 14.3 Å². The number of hydrogen-bond donors (Lipinski definition) is 0. The standard InChI is InChI=1S/C17H19N3O3S/c1-11(2)20-16-13(10-18-20)12(17(21)23-7-6-22-3)9-14(19-16)15-5-4-8-24-15/h4-5,8-11H,6-7H2,1-3H3. The summed E-state index contributed by atoms with van der Waals surface area (Å²) in [4.78, 5) is 18.2. The van der Waals surface area contributed by atoms with Crippen LogP contribution in [0.25, 0.3) is 21.6 Å². The SMILES string of the molecule is COCCOC(=O)c1cc(-c2cccs2)nc2c1cnn2C(C)C. The van der Waals surface area contributed by atoms with E-state index in [1.54, 1.807) is 30.7 Å². The number of aromatic nitrogens is 3. The lowest BCUT2D eigenvalue weighted by molar-refractivity contribution is 0.0390. The molecule has 3 heterocycles. The molecular formula is C17H19N3O3S. The highest BCUT2D eigenvalue weighted by Gasteiger charge is 2.19. The molecule has 0 unspecified atom stereocenters. The summed E-state index contributed by atoms with van der Waals surface area (Å²) < 4.78 is 12.0. The van der Waals surface area contributed by atoms with Crippen molar-refractivity contribution in [2.75, 3.05) is 20.3 Å². The molecule has 3 rings (SSSR count). The zero-order chi connectivity index (χ0) is 17.1. The van der Waals surface area contributed by atoms with Crippen LogP contribution >= 0.6 is 11.3 Å². The van der Waals surface area contributed by atoms with Gasteiger partial charge in [-0.1, -0.05) is 6.07 Å². The van der Waals surface area contributed by atoms with E-state index in [0.717, 1.165) is 10.6 Å². The van der Waals surface area contributed by atoms with Gasteiger partial charge < -0.3 is 9.47 Å². The molecule has 0 bridgehead atoms. The average molecular weight is 345 g/mol. The van der Waals surface area contributed by atoms with E-state index < -0.39 is 0 Å². The number of fused-ring (bicyclic) bond motifs is 1. The Bertz CT molecular complexity index is 840. The maximum Gasteiger partial charge on any atom is 0.339 e. The summed E-state index contributed by atoms with van der Waals surface area (Å²) in [5.74, 6) is -0.388. The van der Waals surface area contributed by atoms with Crippen LogP contribution < -0.4 is 0 Å². The summed E-state index contributed by atoms with van der Waals surface area (Å²) in [5.41, 5.74) is 1.92. The molecule has 3 aromatic heterocycles. The van der Waals surface area contributed by atoms with Crippen LogP contribution in [0, 0.1) is 0 Å². The fraction of sp³-hybridized carbons (Fsp3) is 0.353. The second-order valence-electron chi connectivity index (χ2n) is 5.58. The van der Waals surface area contributed by atoms with Crippen molar-refractivity contribution >= 4 is 28.3 Å². The van der Waals surface area contributed by atoms with Gasteiger partial charge in [-0.05, 0) is 31.4 Å². The van der Waals surface area contributed by atoms with Crippen LogP contribution in [0.5, 0.6) is 0 Å². The highest BCUT2D eigenvalue weighted by Crippen LogP contribution is 2.29. The summed E-state index contributed by atoms with van der Waals surface area (Å²) in [7, 11) is 1.57. The Hall–Kier alpha value is -2.25. The Morgan fingerprint density at radius 2 is 2.21 bits per heavy atom. The van der Waals surface area contributed by atoms with E-state index >= 15 is 0 Å². The normalized spacial score (nSPS) is 11.3. The van der Waals surface area contributed by atoms with Crippen LogP contribution in [0.4, 0.5) is 0 Å². The lowest BCUT2D eigenvalue weighted by Crippen LogP contribution is -2.11. The van der Waals surface area contributed by atoms with Crippen LogP contribution in [0.15, 0.2) is 29.8 Å². The zero-order valence-electron chi connectivity index (χ0n) is 13.9. The summed E-state index contributed by atoms with van der Waals surface area (Å²) in [6.45, 7) is 4.64. The molecule has 6 nitrogen and oxygen atoms in total. The summed E-state index contributed by atoms with van der Waals surface area (Å²) in [5, 5.41) is 7.07. The molecule has 0 radical (unpaired) electrons. The van der Waals surface area contributed by atoms with Gasteiger partial charge in [-0.2, -0.15) is 5.10 Å². The van der Waals surface area contributed by atoms with Crippen molar-refractivity contribution in [1.29, 1.82) is 0 Å². The zero-order valence-corrected chi connectivity index (χ0v) is 14.7. The molecule has 126 valence electrons. The Morgan fingerprint density at radius 1 is 1.38 bits per heavy atom. The molecule has 24 heavy (non-hydrogen) atoms. The van der Waals surface area contributed by atoms with E-state index in [0.29, 0.717) is 23.2 Å². The number of esters is 1. The number of pyridine rings is 1. The van der Waals surface area contributed by atoms with Crippen LogP contribution in [-0.2, 0) is 9.47 Å². The van der Waals surface area contributed by atoms with Gasteiger partial charge in [-0.25, -0.2) is 14.5 Å². The minimum Gasteiger partial charge on any atom is -0.460 e. The van der Waals surface area contributed by atoms with E-state index in [-0.39, 0.29) is 18.6 Å². The molecule has 0 spiro atoms. The smallest absolute Gasteiger partial charge is 0.339 e. The molecule has 0 aliphatic carbocycles. The van der Waals surface area contributed by atoms with Crippen molar-refractivity contribution in [3.05, 3.63) is 35.3 Å². The minimum atomic E-state index is -0.388. The van der Waals surface area contributed by atoms with E-state index in [9.17, 15) is 4.79 Å². The van der Waals surface area contributed by atoms with Gasteiger partial charge in [-0.3, -0.25) is 0 Å². The fourth-order valence-corrected chi connectivity index (χ4v) is 3.10. The van der Waals surface area contributed by atoms with Gasteiger partial charge in [-0.15, -0.1) is 11.3 Å². The third-order valence-electron chi connectivity index (χ3n) is 3.57. The highest BCUT2D eigenvalue weighted by molar-refractivity contribution is 7.13. The molecule has 0 saturated heterocycles. The van der Waals surface area contributed by atoms with Gasteiger partial charge in [0.1, 0.15) is 6.61 Å². The quantitative estimate of drug-likeness (QED) is 0.505. The van der Waals surface area contributed by atoms with Gasteiger partial charge in [0, 0.05) is 13.2 Å². The lowest BCUT2D eigenvalue weighted by Gasteiger charge is -2.10. The van der Waals surface area contributed by atoms with Crippen molar-refractivity contribution in [1.82, 2.24) is 14.8 Å². The maximum atomic E-state index is 12.5. The predicted octanol–water partition coefficient (Wildman–Crippen LogP) is 3.54. The first-order valence-electron chi connectivity index (χ1n) is 7.70. The van der Waals surface area contributed by atoms with Gasteiger partial charge >= 0.3 is 5.97 Å². The van der Waals surface area contributed by atoms with Gasteiger partial charge in [0.05, 0.1) is 34.3 Å². The number of ether oxygens (including phenoxy) is 2. The maximum absolute atomic E-state index is 12.5. The molecule has 0 fully saturated rings. The van der Waals surface area contributed by atoms with Crippen molar-refractivity contribution in [3.63, 3.8) is 0 Å². The molecule has 0 aliphatic heterocycles. The van der Waals surface area contributed by atoms with Crippen molar-refractivity contribution in [2.24, 2.45) is 0 Å². The third-order valence-corrected chi connectivity index (χ3v) is 4.46. The molecule has 0 atom stereocenters. The summed E-state index contributed by atoms with van der Waals surface area (Å²) >= 11 is 1.58. The van der Waals surface area contributed by atoms with E-state index in [1.165, 1.54) is 0 Å². The van der Waals surface area contributed by atoms with Crippen molar-refractivity contribution in [3.8, 4) is 10.6 Å². The van der Waals surface area contributed by atoms with Crippen LogP contribution in [0.2, 0.25) is 0 Å². The summed E-state index contributed by atoms with van der Waals surface area (Å²) in [6.07, 6.45) is 1.67. The molecule has 7 heteroatoms. The number of rotatable bonds is 6. The van der Waals surface area contributed by atoms with Crippen LogP contribution in [0.1, 0.15) is 30.2 Å². The first kappa shape index (κ1) is 16.6. The predicted molar refractivity (Wildman–Crippen MR) is 93.4 cm³/mol. The second kappa shape index (κ2) is 7.11. The molecule has 0 amide bonds. The van der Waals surface area contributed by atoms with Crippen LogP contribution in [0.3, 0.4) is 0 Å². The Morgan fingerprint density at radius 3 is 2.88 bits per heavy atom.